The molecule has 8 nitrogen and oxygen atoms in total. The molecule has 4 rings (SSSR count). The number of benzene rings is 2. The first-order chi connectivity index (χ1) is 15.8. The summed E-state index contributed by atoms with van der Waals surface area (Å²) in [5.41, 5.74) is 1.60. The Balaban J connectivity index is 1.54. The summed E-state index contributed by atoms with van der Waals surface area (Å²) in [6.07, 6.45) is 3.28. The number of halogens is 1. The molecule has 0 spiro atoms. The molecule has 1 atom stereocenters. The zero-order valence-electron chi connectivity index (χ0n) is 17.4. The number of hydrogen-bond acceptors (Lipinski definition) is 6. The van der Waals surface area contributed by atoms with Crippen LogP contribution >= 0.6 is 15.9 Å². The molecular formula is C23H21BrN2O6S. The van der Waals surface area contributed by atoms with Gasteiger partial charge in [-0.25, -0.2) is 22.9 Å². The molecule has 0 radical (unpaired) electrons. The second kappa shape index (κ2) is 9.90. The highest BCUT2D eigenvalue weighted by molar-refractivity contribution is 9.10. The largest absolute Gasteiger partial charge is 0.482 e. The molecule has 0 aliphatic heterocycles. The monoisotopic (exact) mass is 532 g/mol. The van der Waals surface area contributed by atoms with Crippen LogP contribution in [-0.2, 0) is 21.2 Å². The van der Waals surface area contributed by atoms with Gasteiger partial charge in [-0.3, -0.25) is 0 Å². The first-order valence-corrected chi connectivity index (χ1v) is 12.5. The fraction of sp³-hybridized carbons (Fsp3) is 0.217. The van der Waals surface area contributed by atoms with Gasteiger partial charge in [0.2, 0.25) is 15.9 Å². The molecule has 33 heavy (non-hydrogen) atoms. The average Bonchev–Trinajstić information content (AvgIpc) is 2.79. The lowest BCUT2D eigenvalue weighted by atomic mass is 9.87. The van der Waals surface area contributed by atoms with E-state index < -0.39 is 28.6 Å². The first kappa shape index (κ1) is 23.2. The zero-order valence-corrected chi connectivity index (χ0v) is 19.8. The summed E-state index contributed by atoms with van der Waals surface area (Å²) in [4.78, 5) is 15.0. The lowest BCUT2D eigenvalue weighted by Gasteiger charge is -2.27. The third kappa shape index (κ3) is 5.52. The van der Waals surface area contributed by atoms with Gasteiger partial charge in [0, 0.05) is 6.04 Å². The highest BCUT2D eigenvalue weighted by atomic mass is 79.9. The van der Waals surface area contributed by atoms with Crippen molar-refractivity contribution < 1.29 is 27.8 Å². The van der Waals surface area contributed by atoms with Gasteiger partial charge >= 0.3 is 5.97 Å². The molecule has 10 heteroatoms. The average molecular weight is 533 g/mol. The van der Waals surface area contributed by atoms with Crippen molar-refractivity contribution in [3.63, 3.8) is 0 Å². The molecule has 0 amide bonds. The number of sulfonamides is 1. The molecular weight excluding hydrogens is 512 g/mol. The number of nitrogens with zero attached hydrogens (tertiary/aromatic N) is 1. The van der Waals surface area contributed by atoms with Crippen LogP contribution in [0.4, 0.5) is 0 Å². The van der Waals surface area contributed by atoms with Crippen molar-refractivity contribution in [2.75, 3.05) is 6.61 Å². The van der Waals surface area contributed by atoms with Crippen LogP contribution in [0.1, 0.15) is 30.0 Å². The Morgan fingerprint density at radius 1 is 1.18 bits per heavy atom. The fourth-order valence-corrected chi connectivity index (χ4v) is 5.50. The molecule has 1 aromatic heterocycles. The van der Waals surface area contributed by atoms with E-state index in [-0.39, 0.29) is 10.8 Å². The summed E-state index contributed by atoms with van der Waals surface area (Å²) in [5, 5.41) is 8.90. The maximum Gasteiger partial charge on any atom is 0.341 e. The van der Waals surface area contributed by atoms with Gasteiger partial charge in [-0.2, -0.15) is 0 Å². The highest BCUT2D eigenvalue weighted by Crippen LogP contribution is 2.36. The summed E-state index contributed by atoms with van der Waals surface area (Å²) in [5.74, 6) is 0.228. The maximum atomic E-state index is 13.1. The fourth-order valence-electron chi connectivity index (χ4n) is 3.70. The number of aromatic nitrogens is 1. The predicted molar refractivity (Wildman–Crippen MR) is 124 cm³/mol. The molecule has 1 aliphatic rings. The molecule has 1 heterocycles. The third-order valence-corrected chi connectivity index (χ3v) is 7.17. The van der Waals surface area contributed by atoms with E-state index in [2.05, 4.69) is 25.6 Å². The Kier molecular flexibility index (Phi) is 6.96. The predicted octanol–water partition coefficient (Wildman–Crippen LogP) is 4.46. The molecule has 3 aromatic rings. The highest BCUT2D eigenvalue weighted by Gasteiger charge is 2.28. The number of carboxylic acid groups (broad SMARTS) is 1. The molecule has 0 saturated carbocycles. The molecule has 0 unspecified atom stereocenters. The second-order valence-electron chi connectivity index (χ2n) is 7.45. The van der Waals surface area contributed by atoms with E-state index >= 15 is 0 Å². The van der Waals surface area contributed by atoms with Crippen LogP contribution in [0.25, 0.3) is 0 Å². The molecule has 2 aromatic carbocycles. The quantitative estimate of drug-likeness (QED) is 0.440. The molecule has 0 fully saturated rings. The summed E-state index contributed by atoms with van der Waals surface area (Å²) < 4.78 is 40.5. The Morgan fingerprint density at radius 3 is 2.70 bits per heavy atom. The summed E-state index contributed by atoms with van der Waals surface area (Å²) in [6.45, 7) is -0.454. The second-order valence-corrected chi connectivity index (χ2v) is 10.0. The number of rotatable bonds is 8. The van der Waals surface area contributed by atoms with Crippen molar-refractivity contribution in [2.24, 2.45) is 0 Å². The van der Waals surface area contributed by atoms with Gasteiger partial charge in [-0.1, -0.05) is 30.3 Å². The number of pyridine rings is 1. The van der Waals surface area contributed by atoms with Gasteiger partial charge in [0.1, 0.15) is 16.4 Å². The van der Waals surface area contributed by atoms with Crippen LogP contribution in [0.3, 0.4) is 0 Å². The third-order valence-electron chi connectivity index (χ3n) is 5.16. The number of ether oxygens (including phenoxy) is 2. The van der Waals surface area contributed by atoms with Gasteiger partial charge in [0.15, 0.2) is 6.61 Å². The van der Waals surface area contributed by atoms with E-state index in [0.717, 1.165) is 17.5 Å². The topological polar surface area (TPSA) is 115 Å². The normalized spacial score (nSPS) is 15.5. The molecule has 1 aliphatic carbocycles. The first-order valence-electron chi connectivity index (χ1n) is 10.2. The van der Waals surface area contributed by atoms with Crippen molar-refractivity contribution in [3.05, 3.63) is 76.4 Å². The number of nitrogens with one attached hydrogen (secondary N) is 1. The minimum absolute atomic E-state index is 0.000178. The lowest BCUT2D eigenvalue weighted by Crippen LogP contribution is -2.31. The van der Waals surface area contributed by atoms with E-state index in [9.17, 15) is 13.2 Å². The summed E-state index contributed by atoms with van der Waals surface area (Å²) in [7, 11) is -3.89. The van der Waals surface area contributed by atoms with Crippen LogP contribution < -0.4 is 14.2 Å². The Bertz CT molecular complexity index is 1270. The van der Waals surface area contributed by atoms with Gasteiger partial charge in [0.05, 0.1) is 10.7 Å². The van der Waals surface area contributed by atoms with E-state index in [1.807, 2.05) is 24.3 Å². The summed E-state index contributed by atoms with van der Waals surface area (Å²) in [6, 6.07) is 15.3. The number of carboxylic acids is 1. The number of hydrogen-bond donors (Lipinski definition) is 2. The lowest BCUT2D eigenvalue weighted by molar-refractivity contribution is -0.139. The van der Waals surface area contributed by atoms with Crippen LogP contribution in [0.5, 0.6) is 17.4 Å². The van der Waals surface area contributed by atoms with Crippen molar-refractivity contribution in [1.29, 1.82) is 0 Å². The minimum Gasteiger partial charge on any atom is -0.482 e. The van der Waals surface area contributed by atoms with E-state index in [1.165, 1.54) is 12.3 Å². The van der Waals surface area contributed by atoms with Crippen molar-refractivity contribution in [3.8, 4) is 17.4 Å². The van der Waals surface area contributed by atoms with Crippen LogP contribution in [0.15, 0.2) is 70.2 Å². The Morgan fingerprint density at radius 2 is 1.97 bits per heavy atom. The molecule has 172 valence electrons. The number of carbonyl (C=O) groups is 1. The van der Waals surface area contributed by atoms with Crippen LogP contribution in [0, 0.1) is 0 Å². The van der Waals surface area contributed by atoms with Gasteiger partial charge in [-0.15, -0.1) is 0 Å². The summed E-state index contributed by atoms with van der Waals surface area (Å²) >= 11 is 3.34. The SMILES string of the molecule is O=C(O)COc1cccc2c1CCC[C@H]2NS(=O)(=O)c1cnc(Oc2ccccc2)c(Br)c1. The van der Waals surface area contributed by atoms with E-state index in [1.54, 1.807) is 24.3 Å². The van der Waals surface area contributed by atoms with Crippen molar-refractivity contribution in [1.82, 2.24) is 9.71 Å². The number of fused-ring (bicyclic) bond motifs is 1. The zero-order chi connectivity index (χ0) is 23.4. The van der Waals surface area contributed by atoms with Gasteiger partial charge in [0.25, 0.3) is 0 Å². The number of para-hydroxylation sites is 1. The van der Waals surface area contributed by atoms with Crippen LogP contribution in [0.2, 0.25) is 0 Å². The molecule has 2 N–H and O–H groups in total. The minimum atomic E-state index is -3.89. The van der Waals surface area contributed by atoms with Crippen molar-refractivity contribution in [2.45, 2.75) is 30.2 Å². The van der Waals surface area contributed by atoms with Gasteiger partial charge < -0.3 is 14.6 Å². The smallest absolute Gasteiger partial charge is 0.341 e. The van der Waals surface area contributed by atoms with Crippen LogP contribution in [-0.4, -0.2) is 31.1 Å². The standard InChI is InChI=1S/C23H21BrN2O6S/c24-19-12-16(13-25-23(19)32-15-6-2-1-3-7-15)33(29,30)26-20-10-4-9-18-17(20)8-5-11-21(18)31-14-22(27)28/h1-3,5-8,11-13,20,26H,4,9-10,14H2,(H,27,28)/t20-/m1/s1. The van der Waals surface area contributed by atoms with E-state index in [0.29, 0.717) is 28.8 Å². The Hall–Kier alpha value is -2.95. The van der Waals surface area contributed by atoms with Crippen molar-refractivity contribution >= 4 is 31.9 Å². The Labute approximate surface area is 199 Å². The van der Waals surface area contributed by atoms with E-state index in [4.69, 9.17) is 14.6 Å². The number of aliphatic carboxylic acids is 1. The molecule has 0 bridgehead atoms. The molecule has 0 saturated heterocycles. The van der Waals surface area contributed by atoms with Gasteiger partial charge in [-0.05, 0) is 70.6 Å². The maximum absolute atomic E-state index is 13.1.